The largest absolute Gasteiger partial charge is 0.481 e. The van der Waals surface area contributed by atoms with Crippen molar-refractivity contribution >= 4 is 17.6 Å². The van der Waals surface area contributed by atoms with Crippen molar-refractivity contribution in [2.24, 2.45) is 11.8 Å². The normalized spacial score (nSPS) is 21.3. The monoisotopic (exact) mass is 204 g/mol. The van der Waals surface area contributed by atoms with Gasteiger partial charge in [-0.2, -0.15) is 0 Å². The van der Waals surface area contributed by atoms with Gasteiger partial charge in [-0.1, -0.05) is 19.3 Å². The van der Waals surface area contributed by atoms with Gasteiger partial charge in [0.25, 0.3) is 0 Å². The quantitative estimate of drug-likeness (QED) is 0.715. The molecule has 0 aromatic carbocycles. The highest BCUT2D eigenvalue weighted by atomic mass is 35.5. The van der Waals surface area contributed by atoms with Crippen LogP contribution in [0.25, 0.3) is 0 Å². The second kappa shape index (κ2) is 5.48. The Balaban J connectivity index is 2.46. The van der Waals surface area contributed by atoms with Crippen LogP contribution in [0, 0.1) is 11.8 Å². The second-order valence-corrected chi connectivity index (χ2v) is 4.20. The van der Waals surface area contributed by atoms with E-state index in [9.17, 15) is 4.79 Å². The van der Waals surface area contributed by atoms with Gasteiger partial charge in [-0.3, -0.25) is 4.79 Å². The van der Waals surface area contributed by atoms with Crippen LogP contribution in [0.15, 0.2) is 0 Å². The Kier molecular flexibility index (Phi) is 4.57. The zero-order valence-corrected chi connectivity index (χ0v) is 8.59. The van der Waals surface area contributed by atoms with E-state index >= 15 is 0 Å². The summed E-state index contributed by atoms with van der Waals surface area (Å²) in [6, 6.07) is 0. The zero-order valence-electron chi connectivity index (χ0n) is 7.84. The summed E-state index contributed by atoms with van der Waals surface area (Å²) in [5.74, 6) is -0.0108. The minimum Gasteiger partial charge on any atom is -0.481 e. The lowest BCUT2D eigenvalue weighted by Crippen LogP contribution is -2.25. The van der Waals surface area contributed by atoms with Gasteiger partial charge in [0.15, 0.2) is 0 Å². The second-order valence-electron chi connectivity index (χ2n) is 3.82. The Labute approximate surface area is 84.3 Å². The summed E-state index contributed by atoms with van der Waals surface area (Å²) in [6.45, 7) is 0. The van der Waals surface area contributed by atoms with Gasteiger partial charge in [-0.25, -0.2) is 0 Å². The Morgan fingerprint density at radius 1 is 1.38 bits per heavy atom. The lowest BCUT2D eigenvalue weighted by molar-refractivity contribution is -0.144. The molecule has 13 heavy (non-hydrogen) atoms. The van der Waals surface area contributed by atoms with E-state index in [1.807, 2.05) is 0 Å². The third-order valence-corrected chi connectivity index (χ3v) is 3.17. The SMILES string of the molecule is O=C(O)C(CCCl)C1CCCCC1. The lowest BCUT2D eigenvalue weighted by Gasteiger charge is -2.26. The summed E-state index contributed by atoms with van der Waals surface area (Å²) in [6.07, 6.45) is 6.43. The van der Waals surface area contributed by atoms with Gasteiger partial charge in [0.1, 0.15) is 0 Å². The van der Waals surface area contributed by atoms with Crippen molar-refractivity contribution in [3.05, 3.63) is 0 Å². The molecule has 0 aliphatic heterocycles. The topological polar surface area (TPSA) is 37.3 Å². The summed E-state index contributed by atoms with van der Waals surface area (Å²) in [5, 5.41) is 9.00. The van der Waals surface area contributed by atoms with E-state index in [2.05, 4.69) is 0 Å². The molecule has 0 aromatic heterocycles. The van der Waals surface area contributed by atoms with Crippen molar-refractivity contribution in [1.82, 2.24) is 0 Å². The molecule has 1 aliphatic carbocycles. The van der Waals surface area contributed by atoms with Crippen LogP contribution >= 0.6 is 11.6 Å². The van der Waals surface area contributed by atoms with Crippen LogP contribution in [-0.2, 0) is 4.79 Å². The molecule has 0 heterocycles. The molecular formula is C10H17ClO2. The smallest absolute Gasteiger partial charge is 0.306 e. The van der Waals surface area contributed by atoms with E-state index in [1.54, 1.807) is 0 Å². The summed E-state index contributed by atoms with van der Waals surface area (Å²) < 4.78 is 0. The molecule has 0 amide bonds. The predicted octanol–water partition coefficient (Wildman–Crippen LogP) is 2.90. The fourth-order valence-corrected chi connectivity index (χ4v) is 2.45. The third kappa shape index (κ3) is 3.18. The first kappa shape index (κ1) is 10.8. The highest BCUT2D eigenvalue weighted by molar-refractivity contribution is 6.17. The molecule has 1 N–H and O–H groups in total. The van der Waals surface area contributed by atoms with Crippen LogP contribution in [0.2, 0.25) is 0 Å². The molecule has 1 atom stereocenters. The molecule has 1 fully saturated rings. The van der Waals surface area contributed by atoms with Crippen LogP contribution < -0.4 is 0 Å². The number of carboxylic acids is 1. The third-order valence-electron chi connectivity index (χ3n) is 2.96. The maximum Gasteiger partial charge on any atom is 0.306 e. The van der Waals surface area contributed by atoms with E-state index in [4.69, 9.17) is 16.7 Å². The number of hydrogen-bond acceptors (Lipinski definition) is 1. The summed E-state index contributed by atoms with van der Waals surface area (Å²) in [5.41, 5.74) is 0. The van der Waals surface area contributed by atoms with E-state index in [-0.39, 0.29) is 5.92 Å². The molecule has 2 nitrogen and oxygen atoms in total. The number of carboxylic acid groups (broad SMARTS) is 1. The van der Waals surface area contributed by atoms with Crippen LogP contribution in [0.4, 0.5) is 0 Å². The Morgan fingerprint density at radius 3 is 2.46 bits per heavy atom. The maximum atomic E-state index is 10.9. The number of rotatable bonds is 4. The van der Waals surface area contributed by atoms with Crippen molar-refractivity contribution in [1.29, 1.82) is 0 Å². The Bertz CT molecular complexity index is 164. The van der Waals surface area contributed by atoms with E-state index in [1.165, 1.54) is 19.3 Å². The molecule has 76 valence electrons. The average molecular weight is 205 g/mol. The lowest BCUT2D eigenvalue weighted by atomic mass is 9.79. The van der Waals surface area contributed by atoms with Crippen molar-refractivity contribution < 1.29 is 9.90 Å². The van der Waals surface area contributed by atoms with Gasteiger partial charge >= 0.3 is 5.97 Å². The summed E-state index contributed by atoms with van der Waals surface area (Å²) >= 11 is 5.60. The van der Waals surface area contributed by atoms with Gasteiger partial charge in [0, 0.05) is 5.88 Å². The molecular weight excluding hydrogens is 188 g/mol. The minimum atomic E-state index is -0.660. The van der Waals surface area contributed by atoms with Gasteiger partial charge in [-0.15, -0.1) is 11.6 Å². The van der Waals surface area contributed by atoms with Crippen LogP contribution in [0.1, 0.15) is 38.5 Å². The molecule has 1 unspecified atom stereocenters. The maximum absolute atomic E-state index is 10.9. The Hall–Kier alpha value is -0.240. The van der Waals surface area contributed by atoms with Crippen molar-refractivity contribution in [3.63, 3.8) is 0 Å². The first-order valence-electron chi connectivity index (χ1n) is 5.04. The number of alkyl halides is 1. The molecule has 1 aliphatic rings. The average Bonchev–Trinajstić information content (AvgIpc) is 2.15. The predicted molar refractivity (Wildman–Crippen MR) is 53.0 cm³/mol. The van der Waals surface area contributed by atoms with Gasteiger partial charge in [0.2, 0.25) is 0 Å². The molecule has 0 bridgehead atoms. The van der Waals surface area contributed by atoms with Gasteiger partial charge < -0.3 is 5.11 Å². The van der Waals surface area contributed by atoms with Crippen LogP contribution in [0.3, 0.4) is 0 Å². The fraction of sp³-hybridized carbons (Fsp3) is 0.900. The molecule has 3 heteroatoms. The van der Waals surface area contributed by atoms with E-state index < -0.39 is 5.97 Å². The summed E-state index contributed by atoms with van der Waals surface area (Å²) in [7, 11) is 0. The standard InChI is InChI=1S/C10H17ClO2/c11-7-6-9(10(12)13)8-4-2-1-3-5-8/h8-9H,1-7H2,(H,12,13). The van der Waals surface area contributed by atoms with Gasteiger partial charge in [-0.05, 0) is 25.2 Å². The first-order chi connectivity index (χ1) is 6.25. The van der Waals surface area contributed by atoms with Crippen LogP contribution in [0.5, 0.6) is 0 Å². The van der Waals surface area contributed by atoms with Crippen molar-refractivity contribution in [3.8, 4) is 0 Å². The minimum absolute atomic E-state index is 0.196. The van der Waals surface area contributed by atoms with Crippen LogP contribution in [-0.4, -0.2) is 17.0 Å². The van der Waals surface area contributed by atoms with Crippen molar-refractivity contribution in [2.75, 3.05) is 5.88 Å². The zero-order chi connectivity index (χ0) is 9.68. The first-order valence-corrected chi connectivity index (χ1v) is 5.58. The fourth-order valence-electron chi connectivity index (χ4n) is 2.21. The molecule has 0 saturated heterocycles. The number of aliphatic carboxylic acids is 1. The molecule has 0 radical (unpaired) electrons. The van der Waals surface area contributed by atoms with Crippen molar-refractivity contribution in [2.45, 2.75) is 38.5 Å². The molecule has 1 saturated carbocycles. The van der Waals surface area contributed by atoms with Gasteiger partial charge in [0.05, 0.1) is 5.92 Å². The highest BCUT2D eigenvalue weighted by Crippen LogP contribution is 2.32. The highest BCUT2D eigenvalue weighted by Gasteiger charge is 2.28. The van der Waals surface area contributed by atoms with E-state index in [0.717, 1.165) is 12.8 Å². The number of carbonyl (C=O) groups is 1. The summed E-state index contributed by atoms with van der Waals surface area (Å²) in [4.78, 5) is 10.9. The Morgan fingerprint density at radius 2 is 2.00 bits per heavy atom. The molecule has 0 aromatic rings. The molecule has 1 rings (SSSR count). The number of halogens is 1. The van der Waals surface area contributed by atoms with E-state index in [0.29, 0.717) is 18.2 Å². The number of hydrogen-bond donors (Lipinski definition) is 1. The molecule has 0 spiro atoms.